The Morgan fingerprint density at radius 1 is 1.44 bits per heavy atom. The fraction of sp³-hybridized carbons (Fsp3) is 0.333. The Bertz CT molecular complexity index is 183. The maximum Gasteiger partial charge on any atom is 0.0736 e. The minimum absolute atomic E-state index is 0.778. The molecule has 0 N–H and O–H groups in total. The van der Waals surface area contributed by atoms with Crippen molar-refractivity contribution in [2.45, 2.75) is 12.3 Å². The van der Waals surface area contributed by atoms with E-state index < -0.39 is 0 Å². The zero-order valence-electron chi connectivity index (χ0n) is 5.13. The molecule has 1 heterocycles. The Labute approximate surface area is 62.4 Å². The number of hydrogen-bond donors (Lipinski definition) is 0. The summed E-state index contributed by atoms with van der Waals surface area (Å²) in [5, 5.41) is 8.55. The van der Waals surface area contributed by atoms with Crippen LogP contribution < -0.4 is 0 Å². The number of halogens is 1. The highest BCUT2D eigenvalue weighted by Gasteiger charge is 1.89. The molecule has 0 atom stereocenters. The summed E-state index contributed by atoms with van der Waals surface area (Å²) in [6.07, 6.45) is 0. The van der Waals surface area contributed by atoms with Crippen molar-refractivity contribution in [2.75, 3.05) is 0 Å². The summed E-state index contributed by atoms with van der Waals surface area (Å²) in [4.78, 5) is 0. The number of aromatic nitrogens is 2. The normalized spacial score (nSPS) is 9.56. The van der Waals surface area contributed by atoms with Crippen LogP contribution in [0.5, 0.6) is 0 Å². The molecule has 0 aliphatic carbocycles. The first kappa shape index (κ1) is 6.68. The number of alkyl halides is 1. The van der Waals surface area contributed by atoms with E-state index in [4.69, 9.17) is 0 Å². The Hall–Kier alpha value is -0.440. The summed E-state index contributed by atoms with van der Waals surface area (Å²) in [6, 6.07) is 3.90. The molecular weight excluding hydrogens is 180 g/mol. The molecule has 2 nitrogen and oxygen atoms in total. The minimum atomic E-state index is 0.778. The van der Waals surface area contributed by atoms with Crippen LogP contribution >= 0.6 is 15.9 Å². The summed E-state index contributed by atoms with van der Waals surface area (Å²) < 4.78 is 0. The average Bonchev–Trinajstić information content (AvgIpc) is 1.90. The fourth-order valence-corrected chi connectivity index (χ4v) is 0.797. The molecule has 0 aliphatic rings. The van der Waals surface area contributed by atoms with Gasteiger partial charge < -0.3 is 0 Å². The van der Waals surface area contributed by atoms with E-state index in [-0.39, 0.29) is 0 Å². The van der Waals surface area contributed by atoms with Crippen molar-refractivity contribution in [3.05, 3.63) is 23.5 Å². The van der Waals surface area contributed by atoms with Crippen molar-refractivity contribution in [3.63, 3.8) is 0 Å². The van der Waals surface area contributed by atoms with Crippen LogP contribution in [0.2, 0.25) is 0 Å². The lowest BCUT2D eigenvalue weighted by molar-refractivity contribution is 0.936. The molecule has 0 bridgehead atoms. The van der Waals surface area contributed by atoms with Gasteiger partial charge in [-0.3, -0.25) is 0 Å². The zero-order valence-corrected chi connectivity index (χ0v) is 6.72. The molecular formula is C6H7BrN2. The third-order valence-corrected chi connectivity index (χ3v) is 1.56. The highest BCUT2D eigenvalue weighted by molar-refractivity contribution is 9.08. The standard InChI is InChI=1S/C6H7BrN2/c1-5-2-3-6(4-7)9-8-5/h2-3H,4H2,1H3. The van der Waals surface area contributed by atoms with Crippen LogP contribution in [0, 0.1) is 6.92 Å². The highest BCUT2D eigenvalue weighted by atomic mass is 79.9. The van der Waals surface area contributed by atoms with Crippen LogP contribution in [-0.2, 0) is 5.33 Å². The van der Waals surface area contributed by atoms with Crippen molar-refractivity contribution in [3.8, 4) is 0 Å². The van der Waals surface area contributed by atoms with Crippen molar-refractivity contribution in [1.29, 1.82) is 0 Å². The number of nitrogens with zero attached hydrogens (tertiary/aromatic N) is 2. The van der Waals surface area contributed by atoms with Gasteiger partial charge in [0.1, 0.15) is 0 Å². The predicted octanol–water partition coefficient (Wildman–Crippen LogP) is 1.68. The van der Waals surface area contributed by atoms with Crippen LogP contribution in [-0.4, -0.2) is 10.2 Å². The second-order valence-electron chi connectivity index (χ2n) is 1.80. The third kappa shape index (κ3) is 1.75. The molecule has 0 amide bonds. The molecule has 0 unspecified atom stereocenters. The van der Waals surface area contributed by atoms with Gasteiger partial charge in [-0.05, 0) is 19.1 Å². The molecule has 0 spiro atoms. The van der Waals surface area contributed by atoms with Gasteiger partial charge >= 0.3 is 0 Å². The van der Waals surface area contributed by atoms with Gasteiger partial charge in [-0.1, -0.05) is 15.9 Å². The number of hydrogen-bond acceptors (Lipinski definition) is 2. The molecule has 3 heteroatoms. The summed E-state index contributed by atoms with van der Waals surface area (Å²) >= 11 is 3.28. The van der Waals surface area contributed by atoms with Crippen molar-refractivity contribution in [1.82, 2.24) is 10.2 Å². The maximum atomic E-state index is 3.90. The van der Waals surface area contributed by atoms with E-state index in [0.29, 0.717) is 0 Å². The second kappa shape index (κ2) is 2.92. The Morgan fingerprint density at radius 3 is 2.67 bits per heavy atom. The van der Waals surface area contributed by atoms with E-state index in [1.165, 1.54) is 0 Å². The molecule has 48 valence electrons. The van der Waals surface area contributed by atoms with Crippen molar-refractivity contribution < 1.29 is 0 Å². The lowest BCUT2D eigenvalue weighted by atomic mass is 10.4. The quantitative estimate of drug-likeness (QED) is 0.625. The van der Waals surface area contributed by atoms with E-state index in [1.54, 1.807) is 0 Å². The van der Waals surface area contributed by atoms with Crippen LogP contribution in [0.15, 0.2) is 12.1 Å². The number of aryl methyl sites for hydroxylation is 1. The fourth-order valence-electron chi connectivity index (χ4n) is 0.498. The maximum absolute atomic E-state index is 3.90. The van der Waals surface area contributed by atoms with Crippen LogP contribution in [0.4, 0.5) is 0 Å². The van der Waals surface area contributed by atoms with Crippen LogP contribution in [0.1, 0.15) is 11.4 Å². The van der Waals surface area contributed by atoms with E-state index in [2.05, 4.69) is 26.1 Å². The molecule has 0 saturated heterocycles. The van der Waals surface area contributed by atoms with Gasteiger partial charge in [0, 0.05) is 5.33 Å². The SMILES string of the molecule is Cc1ccc(CBr)nn1. The Kier molecular flexibility index (Phi) is 2.16. The lowest BCUT2D eigenvalue weighted by Crippen LogP contribution is -1.89. The van der Waals surface area contributed by atoms with E-state index in [1.807, 2.05) is 19.1 Å². The Morgan fingerprint density at radius 2 is 2.22 bits per heavy atom. The average molecular weight is 187 g/mol. The van der Waals surface area contributed by atoms with Crippen molar-refractivity contribution >= 4 is 15.9 Å². The van der Waals surface area contributed by atoms with Gasteiger partial charge in [0.25, 0.3) is 0 Å². The first-order chi connectivity index (χ1) is 4.33. The lowest BCUT2D eigenvalue weighted by Gasteiger charge is -1.91. The van der Waals surface area contributed by atoms with Gasteiger partial charge in [0.05, 0.1) is 11.4 Å². The van der Waals surface area contributed by atoms with Gasteiger partial charge in [-0.15, -0.1) is 0 Å². The molecule has 0 radical (unpaired) electrons. The molecule has 0 aliphatic heterocycles. The van der Waals surface area contributed by atoms with Gasteiger partial charge in [0.2, 0.25) is 0 Å². The van der Waals surface area contributed by atoms with Gasteiger partial charge in [-0.25, -0.2) is 0 Å². The molecule has 0 fully saturated rings. The van der Waals surface area contributed by atoms with E-state index >= 15 is 0 Å². The first-order valence-corrected chi connectivity index (χ1v) is 3.80. The first-order valence-electron chi connectivity index (χ1n) is 2.68. The van der Waals surface area contributed by atoms with Crippen LogP contribution in [0.25, 0.3) is 0 Å². The van der Waals surface area contributed by atoms with Crippen molar-refractivity contribution in [2.24, 2.45) is 0 Å². The molecule has 1 aromatic rings. The molecule has 1 rings (SSSR count). The second-order valence-corrected chi connectivity index (χ2v) is 2.36. The smallest absolute Gasteiger partial charge is 0.0736 e. The highest BCUT2D eigenvalue weighted by Crippen LogP contribution is 1.99. The van der Waals surface area contributed by atoms with E-state index in [9.17, 15) is 0 Å². The third-order valence-electron chi connectivity index (χ3n) is 0.990. The van der Waals surface area contributed by atoms with Gasteiger partial charge in [-0.2, -0.15) is 10.2 Å². The Balaban J connectivity index is 2.88. The topological polar surface area (TPSA) is 25.8 Å². The zero-order chi connectivity index (χ0) is 6.69. The molecule has 9 heavy (non-hydrogen) atoms. The monoisotopic (exact) mass is 186 g/mol. The summed E-state index contributed by atoms with van der Waals surface area (Å²) in [5.41, 5.74) is 1.93. The van der Waals surface area contributed by atoms with E-state index in [0.717, 1.165) is 16.7 Å². The summed E-state index contributed by atoms with van der Waals surface area (Å²) in [5.74, 6) is 0. The summed E-state index contributed by atoms with van der Waals surface area (Å²) in [7, 11) is 0. The van der Waals surface area contributed by atoms with Crippen LogP contribution in [0.3, 0.4) is 0 Å². The molecule has 0 aromatic carbocycles. The molecule has 0 saturated carbocycles. The van der Waals surface area contributed by atoms with Gasteiger partial charge in [0.15, 0.2) is 0 Å². The summed E-state index contributed by atoms with van der Waals surface area (Å²) in [6.45, 7) is 1.92. The predicted molar refractivity (Wildman–Crippen MR) is 39.4 cm³/mol. The molecule has 1 aromatic heterocycles. The largest absolute Gasteiger partial charge is 0.156 e. The number of rotatable bonds is 1. The minimum Gasteiger partial charge on any atom is -0.156 e.